The van der Waals surface area contributed by atoms with Gasteiger partial charge in [-0.05, 0) is 39.7 Å². The van der Waals surface area contributed by atoms with Crippen LogP contribution in [-0.2, 0) is 9.84 Å². The molecule has 0 heterocycles. The van der Waals surface area contributed by atoms with E-state index in [0.29, 0.717) is 11.7 Å². The zero-order chi connectivity index (χ0) is 12.1. The molecule has 0 aliphatic rings. The van der Waals surface area contributed by atoms with E-state index < -0.39 is 9.84 Å². The molecule has 92 valence electrons. The van der Waals surface area contributed by atoms with Gasteiger partial charge in [-0.2, -0.15) is 0 Å². The van der Waals surface area contributed by atoms with Crippen molar-refractivity contribution in [3.05, 3.63) is 0 Å². The van der Waals surface area contributed by atoms with Crippen LogP contribution in [0.25, 0.3) is 0 Å². The topological polar surface area (TPSA) is 46.2 Å². The van der Waals surface area contributed by atoms with Crippen LogP contribution in [0.2, 0.25) is 0 Å². The number of rotatable bonds is 6. The lowest BCUT2D eigenvalue weighted by atomic mass is 10.1. The van der Waals surface area contributed by atoms with Crippen LogP contribution in [0.1, 0.15) is 41.0 Å². The van der Waals surface area contributed by atoms with Gasteiger partial charge in [0.15, 0.2) is 0 Å². The van der Waals surface area contributed by atoms with Gasteiger partial charge in [-0.3, -0.25) is 0 Å². The summed E-state index contributed by atoms with van der Waals surface area (Å²) in [5, 5.41) is 3.38. The van der Waals surface area contributed by atoms with Crippen LogP contribution >= 0.6 is 0 Å². The van der Waals surface area contributed by atoms with E-state index in [1.54, 1.807) is 6.92 Å². The molecule has 0 aromatic heterocycles. The van der Waals surface area contributed by atoms with Gasteiger partial charge in [-0.1, -0.05) is 13.8 Å². The van der Waals surface area contributed by atoms with Gasteiger partial charge in [0, 0.05) is 11.3 Å². The molecule has 0 aliphatic heterocycles. The summed E-state index contributed by atoms with van der Waals surface area (Å²) in [6, 6.07) is 0. The van der Waals surface area contributed by atoms with Crippen LogP contribution in [0.4, 0.5) is 0 Å². The molecule has 3 nitrogen and oxygen atoms in total. The van der Waals surface area contributed by atoms with Gasteiger partial charge in [0.1, 0.15) is 9.84 Å². The highest BCUT2D eigenvalue weighted by atomic mass is 32.2. The van der Waals surface area contributed by atoms with Crippen LogP contribution in [0, 0.1) is 5.92 Å². The van der Waals surface area contributed by atoms with Gasteiger partial charge >= 0.3 is 0 Å². The molecule has 15 heavy (non-hydrogen) atoms. The SMILES string of the molecule is CCS(=O)(=O)CCC(C)CNC(C)(C)C. The van der Waals surface area contributed by atoms with Crippen molar-refractivity contribution in [3.63, 3.8) is 0 Å². The number of nitrogens with one attached hydrogen (secondary N) is 1. The number of sulfone groups is 1. The highest BCUT2D eigenvalue weighted by molar-refractivity contribution is 7.91. The third-order valence-corrected chi connectivity index (χ3v) is 4.08. The standard InChI is InChI=1S/C11H25NO2S/c1-6-15(13,14)8-7-10(2)9-12-11(3,4)5/h10,12H,6-9H2,1-5H3. The molecule has 4 heteroatoms. The van der Waals surface area contributed by atoms with Crippen molar-refractivity contribution in [3.8, 4) is 0 Å². The molecule has 0 saturated heterocycles. The maximum atomic E-state index is 11.3. The Balaban J connectivity index is 3.81. The number of hydrogen-bond acceptors (Lipinski definition) is 3. The van der Waals surface area contributed by atoms with Crippen LogP contribution in [0.3, 0.4) is 0 Å². The minimum Gasteiger partial charge on any atom is -0.312 e. The molecule has 0 bridgehead atoms. The van der Waals surface area contributed by atoms with E-state index in [-0.39, 0.29) is 11.3 Å². The zero-order valence-electron chi connectivity index (χ0n) is 10.6. The highest BCUT2D eigenvalue weighted by Crippen LogP contribution is 2.06. The van der Waals surface area contributed by atoms with Crippen molar-refractivity contribution in [1.82, 2.24) is 5.32 Å². The summed E-state index contributed by atoms with van der Waals surface area (Å²) in [6.45, 7) is 11.0. The van der Waals surface area contributed by atoms with Crippen molar-refractivity contribution in [1.29, 1.82) is 0 Å². The third kappa shape index (κ3) is 8.88. The van der Waals surface area contributed by atoms with Gasteiger partial charge in [0.25, 0.3) is 0 Å². The summed E-state index contributed by atoms with van der Waals surface area (Å²) in [5.41, 5.74) is 0.109. The Morgan fingerprint density at radius 2 is 1.80 bits per heavy atom. The first-order valence-corrected chi connectivity index (χ1v) is 7.44. The third-order valence-electron chi connectivity index (χ3n) is 2.34. The van der Waals surface area contributed by atoms with Gasteiger partial charge in [-0.25, -0.2) is 8.42 Å². The lowest BCUT2D eigenvalue weighted by Crippen LogP contribution is -2.38. The summed E-state index contributed by atoms with van der Waals surface area (Å²) in [4.78, 5) is 0. The number of hydrogen-bond donors (Lipinski definition) is 1. The molecule has 0 rings (SSSR count). The van der Waals surface area contributed by atoms with Gasteiger partial charge in [0.05, 0.1) is 5.75 Å². The predicted octanol–water partition coefficient (Wildman–Crippen LogP) is 1.84. The fourth-order valence-electron chi connectivity index (χ4n) is 1.11. The van der Waals surface area contributed by atoms with Crippen LogP contribution < -0.4 is 5.32 Å². The summed E-state index contributed by atoms with van der Waals surface area (Å²) in [5.74, 6) is 0.980. The molecule has 0 radical (unpaired) electrons. The first-order valence-electron chi connectivity index (χ1n) is 5.62. The average molecular weight is 235 g/mol. The van der Waals surface area contributed by atoms with Gasteiger partial charge in [-0.15, -0.1) is 0 Å². The Bertz CT molecular complexity index is 265. The molecule has 0 spiro atoms. The van der Waals surface area contributed by atoms with Crippen molar-refractivity contribution in [2.45, 2.75) is 46.6 Å². The van der Waals surface area contributed by atoms with E-state index in [1.807, 2.05) is 0 Å². The Morgan fingerprint density at radius 3 is 2.20 bits per heavy atom. The van der Waals surface area contributed by atoms with E-state index in [0.717, 1.165) is 13.0 Å². The second kappa shape index (κ2) is 5.85. The van der Waals surface area contributed by atoms with E-state index in [4.69, 9.17) is 0 Å². The van der Waals surface area contributed by atoms with E-state index in [9.17, 15) is 8.42 Å². The van der Waals surface area contributed by atoms with Crippen LogP contribution in [0.5, 0.6) is 0 Å². The molecule has 0 aromatic carbocycles. The maximum Gasteiger partial charge on any atom is 0.150 e. The predicted molar refractivity (Wildman–Crippen MR) is 65.9 cm³/mol. The van der Waals surface area contributed by atoms with Crippen molar-refractivity contribution < 1.29 is 8.42 Å². The van der Waals surface area contributed by atoms with Crippen molar-refractivity contribution in [2.75, 3.05) is 18.1 Å². The van der Waals surface area contributed by atoms with Crippen LogP contribution in [0.15, 0.2) is 0 Å². The monoisotopic (exact) mass is 235 g/mol. The zero-order valence-corrected chi connectivity index (χ0v) is 11.4. The molecular formula is C11H25NO2S. The van der Waals surface area contributed by atoms with Crippen molar-refractivity contribution >= 4 is 9.84 Å². The van der Waals surface area contributed by atoms with E-state index in [1.165, 1.54) is 0 Å². The first kappa shape index (κ1) is 14.9. The van der Waals surface area contributed by atoms with E-state index >= 15 is 0 Å². The molecule has 1 unspecified atom stereocenters. The van der Waals surface area contributed by atoms with Gasteiger partial charge in [0.2, 0.25) is 0 Å². The van der Waals surface area contributed by atoms with E-state index in [2.05, 4.69) is 33.0 Å². The molecule has 0 fully saturated rings. The smallest absolute Gasteiger partial charge is 0.150 e. The Hall–Kier alpha value is -0.0900. The Labute approximate surface area is 94.6 Å². The summed E-state index contributed by atoms with van der Waals surface area (Å²) < 4.78 is 22.6. The molecular weight excluding hydrogens is 210 g/mol. The largest absolute Gasteiger partial charge is 0.312 e. The highest BCUT2D eigenvalue weighted by Gasteiger charge is 2.13. The lowest BCUT2D eigenvalue weighted by Gasteiger charge is -2.23. The van der Waals surface area contributed by atoms with Crippen LogP contribution in [-0.4, -0.2) is 32.0 Å². The second-order valence-electron chi connectivity index (χ2n) is 5.26. The normalized spacial score (nSPS) is 15.3. The summed E-state index contributed by atoms with van der Waals surface area (Å²) in [6.07, 6.45) is 0.749. The Kier molecular flexibility index (Phi) is 5.81. The van der Waals surface area contributed by atoms with Gasteiger partial charge < -0.3 is 5.32 Å². The Morgan fingerprint density at radius 1 is 1.27 bits per heavy atom. The fourth-order valence-corrected chi connectivity index (χ4v) is 2.16. The lowest BCUT2D eigenvalue weighted by molar-refractivity contribution is 0.378. The van der Waals surface area contributed by atoms with Crippen molar-refractivity contribution in [2.24, 2.45) is 5.92 Å². The average Bonchev–Trinajstić information content (AvgIpc) is 2.10. The fraction of sp³-hybridized carbons (Fsp3) is 1.00. The molecule has 1 atom stereocenters. The summed E-state index contributed by atoms with van der Waals surface area (Å²) >= 11 is 0. The quantitative estimate of drug-likeness (QED) is 0.764. The molecule has 0 saturated carbocycles. The minimum absolute atomic E-state index is 0.109. The molecule has 0 aromatic rings. The molecule has 1 N–H and O–H groups in total. The first-order chi connectivity index (χ1) is 6.66. The molecule has 0 aliphatic carbocycles. The summed E-state index contributed by atoms with van der Waals surface area (Å²) in [7, 11) is -2.80. The second-order valence-corrected chi connectivity index (χ2v) is 7.73. The maximum absolute atomic E-state index is 11.3. The molecule has 0 amide bonds. The minimum atomic E-state index is -2.80.